The van der Waals surface area contributed by atoms with E-state index in [0.29, 0.717) is 40.7 Å². The van der Waals surface area contributed by atoms with Crippen LogP contribution < -0.4 is 5.32 Å². The molecule has 0 aliphatic heterocycles. The number of nitrogens with one attached hydrogen (secondary N) is 2. The fourth-order valence-corrected chi connectivity index (χ4v) is 3.51. The predicted octanol–water partition coefficient (Wildman–Crippen LogP) is 5.71. The highest BCUT2D eigenvalue weighted by atomic mass is 19.4. The van der Waals surface area contributed by atoms with Crippen LogP contribution in [0.2, 0.25) is 0 Å². The SMILES string of the molecule is FC(F)(F)c1cccc(-c2nc3[nH]ncc3cc2-c2ccnc(NCc3ccccc3)n2)c1. The molecule has 0 saturated carbocycles. The summed E-state index contributed by atoms with van der Waals surface area (Å²) in [5.74, 6) is 0.402. The molecule has 2 N–H and O–H groups in total. The van der Waals surface area contributed by atoms with Crippen LogP contribution in [0.4, 0.5) is 19.1 Å². The smallest absolute Gasteiger partial charge is 0.350 e. The Hall–Kier alpha value is -4.27. The lowest BCUT2D eigenvalue weighted by Crippen LogP contribution is -2.05. The summed E-state index contributed by atoms with van der Waals surface area (Å²) in [5.41, 5.74) is 2.60. The Morgan fingerprint density at radius 1 is 0.909 bits per heavy atom. The molecule has 0 unspecified atom stereocenters. The number of H-pyrrole nitrogens is 1. The standard InChI is InChI=1S/C24H17F3N6/c25-24(26,27)18-8-4-7-16(11-18)21-19(12-17-14-30-33-22(17)32-21)20-9-10-28-23(31-20)29-13-15-5-2-1-3-6-15/h1-12,14H,13H2,(H,28,29,31)(H,30,32,33). The zero-order chi connectivity index (χ0) is 22.8. The minimum absolute atomic E-state index is 0.328. The highest BCUT2D eigenvalue weighted by Gasteiger charge is 2.30. The number of fused-ring (bicyclic) bond motifs is 1. The van der Waals surface area contributed by atoms with Crippen LogP contribution in [0, 0.1) is 0 Å². The lowest BCUT2D eigenvalue weighted by atomic mass is 10.0. The van der Waals surface area contributed by atoms with E-state index in [-0.39, 0.29) is 0 Å². The number of anilines is 1. The van der Waals surface area contributed by atoms with Crippen molar-refractivity contribution in [1.82, 2.24) is 25.1 Å². The Labute approximate surface area is 186 Å². The van der Waals surface area contributed by atoms with Gasteiger partial charge in [-0.3, -0.25) is 5.10 Å². The number of aromatic nitrogens is 5. The molecule has 0 aliphatic rings. The van der Waals surface area contributed by atoms with E-state index in [9.17, 15) is 13.2 Å². The van der Waals surface area contributed by atoms with Gasteiger partial charge in [-0.2, -0.15) is 18.3 Å². The average molecular weight is 446 g/mol. The van der Waals surface area contributed by atoms with Gasteiger partial charge in [0.25, 0.3) is 0 Å². The minimum Gasteiger partial charge on any atom is -0.350 e. The van der Waals surface area contributed by atoms with Crippen LogP contribution in [-0.4, -0.2) is 25.1 Å². The number of hydrogen-bond donors (Lipinski definition) is 2. The first kappa shape index (κ1) is 20.6. The number of pyridine rings is 1. The third-order valence-electron chi connectivity index (χ3n) is 5.11. The lowest BCUT2D eigenvalue weighted by molar-refractivity contribution is -0.137. The predicted molar refractivity (Wildman–Crippen MR) is 119 cm³/mol. The monoisotopic (exact) mass is 446 g/mol. The van der Waals surface area contributed by atoms with E-state index in [2.05, 4.69) is 30.5 Å². The van der Waals surface area contributed by atoms with Crippen molar-refractivity contribution >= 4 is 17.0 Å². The molecule has 0 spiro atoms. The van der Waals surface area contributed by atoms with Crippen molar-refractivity contribution in [2.75, 3.05) is 5.32 Å². The van der Waals surface area contributed by atoms with Crippen LogP contribution in [-0.2, 0) is 12.7 Å². The Bertz CT molecular complexity index is 1410. The zero-order valence-electron chi connectivity index (χ0n) is 17.1. The van der Waals surface area contributed by atoms with E-state index in [0.717, 1.165) is 23.1 Å². The first-order valence-electron chi connectivity index (χ1n) is 10.1. The summed E-state index contributed by atoms with van der Waals surface area (Å²) >= 11 is 0. The van der Waals surface area contributed by atoms with E-state index in [1.165, 1.54) is 6.07 Å². The van der Waals surface area contributed by atoms with Crippen molar-refractivity contribution in [3.8, 4) is 22.5 Å². The molecule has 3 heterocycles. The van der Waals surface area contributed by atoms with E-state index < -0.39 is 11.7 Å². The first-order valence-corrected chi connectivity index (χ1v) is 10.1. The van der Waals surface area contributed by atoms with Gasteiger partial charge in [0.2, 0.25) is 5.95 Å². The molecular formula is C24H17F3N6. The second-order valence-electron chi connectivity index (χ2n) is 7.38. The maximum absolute atomic E-state index is 13.3. The van der Waals surface area contributed by atoms with Crippen molar-refractivity contribution in [3.05, 3.63) is 90.3 Å². The molecule has 9 heteroatoms. The topological polar surface area (TPSA) is 79.4 Å². The molecule has 6 nitrogen and oxygen atoms in total. The molecule has 0 bridgehead atoms. The summed E-state index contributed by atoms with van der Waals surface area (Å²) in [6, 6.07) is 18.4. The average Bonchev–Trinajstić information content (AvgIpc) is 3.30. The minimum atomic E-state index is -4.46. The summed E-state index contributed by atoms with van der Waals surface area (Å²) in [7, 11) is 0. The fourth-order valence-electron chi connectivity index (χ4n) is 3.51. The molecule has 2 aromatic carbocycles. The van der Waals surface area contributed by atoms with Crippen LogP contribution in [0.15, 0.2) is 79.1 Å². The van der Waals surface area contributed by atoms with Gasteiger partial charge in [-0.25, -0.2) is 15.0 Å². The van der Waals surface area contributed by atoms with Gasteiger partial charge in [-0.1, -0.05) is 42.5 Å². The van der Waals surface area contributed by atoms with E-state index >= 15 is 0 Å². The van der Waals surface area contributed by atoms with Gasteiger partial charge in [0, 0.05) is 29.3 Å². The summed E-state index contributed by atoms with van der Waals surface area (Å²) in [6.45, 7) is 0.532. The zero-order valence-corrected chi connectivity index (χ0v) is 17.1. The quantitative estimate of drug-likeness (QED) is 0.361. The van der Waals surface area contributed by atoms with Crippen LogP contribution in [0.1, 0.15) is 11.1 Å². The maximum Gasteiger partial charge on any atom is 0.416 e. The number of rotatable bonds is 5. The maximum atomic E-state index is 13.3. The van der Waals surface area contributed by atoms with Gasteiger partial charge in [0.1, 0.15) is 0 Å². The highest BCUT2D eigenvalue weighted by molar-refractivity contribution is 5.89. The van der Waals surface area contributed by atoms with Crippen LogP contribution in [0.3, 0.4) is 0 Å². The normalized spacial score (nSPS) is 11.6. The number of alkyl halides is 3. The van der Waals surface area contributed by atoms with Gasteiger partial charge in [-0.05, 0) is 29.8 Å². The number of nitrogens with zero attached hydrogens (tertiary/aromatic N) is 4. The molecule has 0 fully saturated rings. The molecule has 0 radical (unpaired) electrons. The summed E-state index contributed by atoms with van der Waals surface area (Å²) in [5, 5.41) is 10.7. The van der Waals surface area contributed by atoms with Crippen molar-refractivity contribution in [2.24, 2.45) is 0 Å². The van der Waals surface area contributed by atoms with Crippen molar-refractivity contribution < 1.29 is 13.2 Å². The van der Waals surface area contributed by atoms with E-state index in [1.54, 1.807) is 24.5 Å². The van der Waals surface area contributed by atoms with Crippen LogP contribution in [0.25, 0.3) is 33.5 Å². The number of halogens is 3. The fraction of sp³-hybridized carbons (Fsp3) is 0.0833. The Morgan fingerprint density at radius 3 is 2.58 bits per heavy atom. The summed E-state index contributed by atoms with van der Waals surface area (Å²) < 4.78 is 40.0. The van der Waals surface area contributed by atoms with Crippen molar-refractivity contribution in [1.29, 1.82) is 0 Å². The first-order chi connectivity index (χ1) is 16.0. The Kier molecular flexibility index (Phi) is 5.21. The third kappa shape index (κ3) is 4.38. The Balaban J connectivity index is 1.57. The molecule has 5 rings (SSSR count). The molecular weight excluding hydrogens is 429 g/mol. The molecule has 0 atom stereocenters. The van der Waals surface area contributed by atoms with Crippen molar-refractivity contribution in [2.45, 2.75) is 12.7 Å². The van der Waals surface area contributed by atoms with E-state index in [4.69, 9.17) is 0 Å². The Morgan fingerprint density at radius 2 is 1.76 bits per heavy atom. The van der Waals surface area contributed by atoms with Gasteiger partial charge in [0.05, 0.1) is 23.1 Å². The summed E-state index contributed by atoms with van der Waals surface area (Å²) in [6.07, 6.45) is -1.25. The lowest BCUT2D eigenvalue weighted by Gasteiger charge is -2.13. The molecule has 0 aliphatic carbocycles. The number of benzene rings is 2. The second-order valence-corrected chi connectivity index (χ2v) is 7.38. The number of aromatic amines is 1. The number of hydrogen-bond acceptors (Lipinski definition) is 5. The van der Waals surface area contributed by atoms with Crippen LogP contribution >= 0.6 is 0 Å². The molecule has 3 aromatic heterocycles. The van der Waals surface area contributed by atoms with Gasteiger partial charge >= 0.3 is 6.18 Å². The molecule has 0 saturated heterocycles. The van der Waals surface area contributed by atoms with Crippen molar-refractivity contribution in [3.63, 3.8) is 0 Å². The van der Waals surface area contributed by atoms with Crippen LogP contribution in [0.5, 0.6) is 0 Å². The third-order valence-corrected chi connectivity index (χ3v) is 5.11. The molecule has 33 heavy (non-hydrogen) atoms. The highest BCUT2D eigenvalue weighted by Crippen LogP contribution is 2.36. The second kappa shape index (κ2) is 8.34. The molecule has 5 aromatic rings. The summed E-state index contributed by atoms with van der Waals surface area (Å²) in [4.78, 5) is 13.4. The largest absolute Gasteiger partial charge is 0.416 e. The van der Waals surface area contributed by atoms with Gasteiger partial charge < -0.3 is 5.32 Å². The molecule has 0 amide bonds. The van der Waals surface area contributed by atoms with E-state index in [1.807, 2.05) is 36.4 Å². The molecule has 164 valence electrons. The van der Waals surface area contributed by atoms with Gasteiger partial charge in [0.15, 0.2) is 5.65 Å². The van der Waals surface area contributed by atoms with Gasteiger partial charge in [-0.15, -0.1) is 0 Å².